The molecule has 78 valence electrons. The molecule has 14 heavy (non-hydrogen) atoms. The smallest absolute Gasteiger partial charge is 0.224 e. The van der Waals surface area contributed by atoms with E-state index in [2.05, 4.69) is 15.5 Å². The molecule has 0 unspecified atom stereocenters. The Bertz CT molecular complexity index is 326. The molecule has 0 radical (unpaired) electrons. The van der Waals surface area contributed by atoms with Crippen molar-refractivity contribution in [2.24, 2.45) is 12.8 Å². The highest BCUT2D eigenvalue weighted by Gasteiger charge is 2.34. The zero-order valence-corrected chi connectivity index (χ0v) is 8.75. The summed E-state index contributed by atoms with van der Waals surface area (Å²) in [5, 5.41) is 11.1. The van der Waals surface area contributed by atoms with Crippen LogP contribution in [0.5, 0.6) is 0 Å². The number of rotatable bonds is 3. The van der Waals surface area contributed by atoms with Gasteiger partial charge in [0, 0.05) is 26.1 Å². The molecule has 0 amide bonds. The fourth-order valence-corrected chi connectivity index (χ4v) is 1.86. The van der Waals surface area contributed by atoms with Crippen LogP contribution < -0.4 is 11.1 Å². The van der Waals surface area contributed by atoms with Crippen LogP contribution in [-0.2, 0) is 13.5 Å². The summed E-state index contributed by atoms with van der Waals surface area (Å²) >= 11 is 0. The van der Waals surface area contributed by atoms with Crippen LogP contribution in [0.2, 0.25) is 0 Å². The Morgan fingerprint density at radius 2 is 2.21 bits per heavy atom. The minimum atomic E-state index is -0.0220. The molecule has 5 heteroatoms. The van der Waals surface area contributed by atoms with E-state index in [1.54, 1.807) is 0 Å². The summed E-state index contributed by atoms with van der Waals surface area (Å²) in [6, 6.07) is 0. The van der Waals surface area contributed by atoms with Crippen LogP contribution in [0, 0.1) is 0 Å². The topological polar surface area (TPSA) is 68.8 Å². The number of anilines is 1. The van der Waals surface area contributed by atoms with Crippen molar-refractivity contribution in [3.05, 3.63) is 5.82 Å². The highest BCUT2D eigenvalue weighted by molar-refractivity contribution is 5.24. The molecule has 1 heterocycles. The van der Waals surface area contributed by atoms with Crippen LogP contribution in [0.3, 0.4) is 0 Å². The second-order valence-electron chi connectivity index (χ2n) is 4.14. The maximum Gasteiger partial charge on any atom is 0.224 e. The minimum absolute atomic E-state index is 0.0220. The molecule has 5 nitrogen and oxygen atoms in total. The SMILES string of the molecule is CNc1nnc(CC2(N)CCC2)n1C. The number of hydrogen-bond donors (Lipinski definition) is 2. The Morgan fingerprint density at radius 1 is 1.50 bits per heavy atom. The van der Waals surface area contributed by atoms with Crippen LogP contribution in [0.4, 0.5) is 5.95 Å². The number of aromatic nitrogens is 3. The molecule has 0 aromatic carbocycles. The van der Waals surface area contributed by atoms with E-state index in [4.69, 9.17) is 5.73 Å². The lowest BCUT2D eigenvalue weighted by Gasteiger charge is -2.37. The molecule has 1 aromatic heterocycles. The van der Waals surface area contributed by atoms with Crippen molar-refractivity contribution < 1.29 is 0 Å². The van der Waals surface area contributed by atoms with Crippen LogP contribution >= 0.6 is 0 Å². The van der Waals surface area contributed by atoms with Gasteiger partial charge in [0.05, 0.1) is 0 Å². The van der Waals surface area contributed by atoms with E-state index in [0.29, 0.717) is 0 Å². The molecule has 1 fully saturated rings. The summed E-state index contributed by atoms with van der Waals surface area (Å²) in [5.41, 5.74) is 6.13. The maximum absolute atomic E-state index is 6.15. The van der Waals surface area contributed by atoms with Crippen molar-refractivity contribution in [2.45, 2.75) is 31.2 Å². The molecular formula is C9H17N5. The van der Waals surface area contributed by atoms with Gasteiger partial charge in [-0.1, -0.05) is 0 Å². The maximum atomic E-state index is 6.15. The van der Waals surface area contributed by atoms with E-state index >= 15 is 0 Å². The monoisotopic (exact) mass is 195 g/mol. The molecule has 0 bridgehead atoms. The predicted molar refractivity (Wildman–Crippen MR) is 55.0 cm³/mol. The molecule has 1 aromatic rings. The van der Waals surface area contributed by atoms with Crippen molar-refractivity contribution in [1.82, 2.24) is 14.8 Å². The van der Waals surface area contributed by atoms with Gasteiger partial charge in [-0.3, -0.25) is 0 Å². The summed E-state index contributed by atoms with van der Waals surface area (Å²) in [5.74, 6) is 1.76. The van der Waals surface area contributed by atoms with E-state index in [1.165, 1.54) is 6.42 Å². The van der Waals surface area contributed by atoms with Gasteiger partial charge in [-0.05, 0) is 19.3 Å². The molecule has 1 aliphatic carbocycles. The summed E-state index contributed by atoms with van der Waals surface area (Å²) < 4.78 is 1.97. The molecule has 0 aliphatic heterocycles. The van der Waals surface area contributed by atoms with Gasteiger partial charge in [0.1, 0.15) is 5.82 Å². The Morgan fingerprint density at radius 3 is 2.64 bits per heavy atom. The summed E-state index contributed by atoms with van der Waals surface area (Å²) in [6.45, 7) is 0. The summed E-state index contributed by atoms with van der Waals surface area (Å²) in [7, 11) is 3.80. The van der Waals surface area contributed by atoms with Gasteiger partial charge in [-0.2, -0.15) is 0 Å². The lowest BCUT2D eigenvalue weighted by Crippen LogP contribution is -2.48. The number of hydrogen-bond acceptors (Lipinski definition) is 4. The van der Waals surface area contributed by atoms with Crippen molar-refractivity contribution in [3.8, 4) is 0 Å². The second-order valence-corrected chi connectivity index (χ2v) is 4.14. The first-order valence-electron chi connectivity index (χ1n) is 4.99. The fourth-order valence-electron chi connectivity index (χ4n) is 1.86. The number of nitrogens with zero attached hydrogens (tertiary/aromatic N) is 3. The Kier molecular flexibility index (Phi) is 2.19. The Balaban J connectivity index is 2.12. The molecular weight excluding hydrogens is 178 g/mol. The first-order valence-corrected chi connectivity index (χ1v) is 4.99. The summed E-state index contributed by atoms with van der Waals surface area (Å²) in [6.07, 6.45) is 4.29. The van der Waals surface area contributed by atoms with Gasteiger partial charge >= 0.3 is 0 Å². The van der Waals surface area contributed by atoms with Crippen molar-refractivity contribution in [2.75, 3.05) is 12.4 Å². The largest absolute Gasteiger partial charge is 0.357 e. The highest BCUT2D eigenvalue weighted by Crippen LogP contribution is 2.31. The second kappa shape index (κ2) is 3.24. The zero-order valence-electron chi connectivity index (χ0n) is 8.75. The minimum Gasteiger partial charge on any atom is -0.357 e. The molecule has 1 saturated carbocycles. The van der Waals surface area contributed by atoms with Crippen molar-refractivity contribution in [3.63, 3.8) is 0 Å². The van der Waals surface area contributed by atoms with Crippen LogP contribution in [0.15, 0.2) is 0 Å². The van der Waals surface area contributed by atoms with E-state index in [1.807, 2.05) is 18.7 Å². The van der Waals surface area contributed by atoms with Gasteiger partial charge in [0.15, 0.2) is 0 Å². The van der Waals surface area contributed by atoms with Gasteiger partial charge in [0.2, 0.25) is 5.95 Å². The van der Waals surface area contributed by atoms with Gasteiger partial charge in [-0.25, -0.2) is 0 Å². The third kappa shape index (κ3) is 1.48. The van der Waals surface area contributed by atoms with E-state index in [0.717, 1.165) is 31.0 Å². The van der Waals surface area contributed by atoms with E-state index < -0.39 is 0 Å². The Hall–Kier alpha value is -1.10. The Labute approximate surface area is 83.7 Å². The standard InChI is InChI=1S/C9H17N5/c1-11-8-13-12-7(14(8)2)6-9(10)4-3-5-9/h3-6,10H2,1-2H3,(H,11,13). The van der Waals surface area contributed by atoms with Gasteiger partial charge in [-0.15, -0.1) is 10.2 Å². The van der Waals surface area contributed by atoms with Crippen molar-refractivity contribution >= 4 is 5.95 Å². The van der Waals surface area contributed by atoms with Crippen LogP contribution in [0.25, 0.3) is 0 Å². The molecule has 0 saturated heterocycles. The lowest BCUT2D eigenvalue weighted by molar-refractivity contribution is 0.241. The van der Waals surface area contributed by atoms with Gasteiger partial charge < -0.3 is 15.6 Å². The number of nitrogens with two attached hydrogens (primary N) is 1. The van der Waals surface area contributed by atoms with Crippen LogP contribution in [0.1, 0.15) is 25.1 Å². The molecule has 0 atom stereocenters. The predicted octanol–water partition coefficient (Wildman–Crippen LogP) is 0.281. The van der Waals surface area contributed by atoms with E-state index in [9.17, 15) is 0 Å². The van der Waals surface area contributed by atoms with Gasteiger partial charge in [0.25, 0.3) is 0 Å². The number of nitrogens with one attached hydrogen (secondary N) is 1. The third-order valence-corrected chi connectivity index (χ3v) is 3.05. The third-order valence-electron chi connectivity index (χ3n) is 3.05. The molecule has 1 aliphatic rings. The normalized spacial score (nSPS) is 19.1. The summed E-state index contributed by atoms with van der Waals surface area (Å²) in [4.78, 5) is 0. The zero-order chi connectivity index (χ0) is 10.2. The molecule has 3 N–H and O–H groups in total. The van der Waals surface area contributed by atoms with Crippen molar-refractivity contribution in [1.29, 1.82) is 0 Å². The van der Waals surface area contributed by atoms with Crippen LogP contribution in [-0.4, -0.2) is 27.4 Å². The first-order chi connectivity index (χ1) is 6.64. The molecule has 0 spiro atoms. The lowest BCUT2D eigenvalue weighted by atomic mass is 9.75. The van der Waals surface area contributed by atoms with E-state index in [-0.39, 0.29) is 5.54 Å². The average molecular weight is 195 g/mol. The molecule has 2 rings (SSSR count). The quantitative estimate of drug-likeness (QED) is 0.727. The first kappa shape index (κ1) is 9.45. The highest BCUT2D eigenvalue weighted by atomic mass is 15.3. The average Bonchev–Trinajstić information content (AvgIpc) is 2.45. The fraction of sp³-hybridized carbons (Fsp3) is 0.778.